The zero-order valence-electron chi connectivity index (χ0n) is 7.16. The van der Waals surface area contributed by atoms with Gasteiger partial charge >= 0.3 is 12.3 Å². The van der Waals surface area contributed by atoms with Gasteiger partial charge in [-0.05, 0) is 6.42 Å². The van der Waals surface area contributed by atoms with Gasteiger partial charge in [-0.3, -0.25) is 0 Å². The molecule has 0 saturated carbocycles. The molecule has 0 aliphatic carbocycles. The number of aliphatic hydroxyl groups excluding tert-OH is 1. The van der Waals surface area contributed by atoms with Crippen molar-refractivity contribution in [1.82, 2.24) is 4.90 Å². The first kappa shape index (κ1) is 11.1. The predicted octanol–water partition coefficient (Wildman–Crippen LogP) is 0.910. The van der Waals surface area contributed by atoms with Gasteiger partial charge in [-0.2, -0.15) is 13.2 Å². The van der Waals surface area contributed by atoms with E-state index in [1.807, 2.05) is 0 Å². The third-order valence-electron chi connectivity index (χ3n) is 2.33. The quantitative estimate of drug-likeness (QED) is 0.680. The van der Waals surface area contributed by atoms with Crippen LogP contribution < -0.4 is 0 Å². The highest BCUT2D eigenvalue weighted by Gasteiger charge is 2.48. The molecule has 0 aromatic rings. The Morgan fingerprint density at radius 3 is 2.36 bits per heavy atom. The number of aliphatic hydroxyl groups is 1. The second kappa shape index (κ2) is 3.64. The Kier molecular flexibility index (Phi) is 2.89. The molecule has 1 aliphatic heterocycles. The highest BCUT2D eigenvalue weighted by molar-refractivity contribution is 5.65. The number of likely N-dealkylation sites (tertiary alicyclic amines) is 1. The molecule has 0 radical (unpaired) electrons. The van der Waals surface area contributed by atoms with E-state index < -0.39 is 37.4 Å². The van der Waals surface area contributed by atoms with Crippen LogP contribution in [0.15, 0.2) is 0 Å². The van der Waals surface area contributed by atoms with Crippen LogP contribution in [0.25, 0.3) is 0 Å². The largest absolute Gasteiger partial charge is 0.465 e. The minimum absolute atomic E-state index is 0.355. The van der Waals surface area contributed by atoms with Crippen molar-refractivity contribution in [2.75, 3.05) is 13.2 Å². The normalized spacial score (nSPS) is 28.1. The highest BCUT2D eigenvalue weighted by Crippen LogP contribution is 2.36. The molecule has 7 heteroatoms. The van der Waals surface area contributed by atoms with Crippen LogP contribution in [0.4, 0.5) is 18.0 Å². The predicted molar refractivity (Wildman–Crippen MR) is 39.8 cm³/mol. The summed E-state index contributed by atoms with van der Waals surface area (Å²) in [5.41, 5.74) is 0. The van der Waals surface area contributed by atoms with Crippen molar-refractivity contribution in [2.24, 2.45) is 5.92 Å². The number of alkyl halides is 3. The van der Waals surface area contributed by atoms with E-state index >= 15 is 0 Å². The molecule has 82 valence electrons. The summed E-state index contributed by atoms with van der Waals surface area (Å²) in [5, 5.41) is 17.2. The SMILES string of the molecule is O=C(O)N1C[C@@H](C(F)(F)F)C[C@H]1CO. The van der Waals surface area contributed by atoms with Crippen LogP contribution in [0.2, 0.25) is 0 Å². The fourth-order valence-electron chi connectivity index (χ4n) is 1.56. The fraction of sp³-hybridized carbons (Fsp3) is 0.857. The lowest BCUT2D eigenvalue weighted by Crippen LogP contribution is -2.37. The standard InChI is InChI=1S/C7H10F3NO3/c8-7(9,10)4-1-5(3-12)11(2-4)6(13)14/h4-5,12H,1-3H2,(H,13,14)/t4-,5-/m0/s1. The van der Waals surface area contributed by atoms with Crippen LogP contribution in [-0.2, 0) is 0 Å². The van der Waals surface area contributed by atoms with Crippen LogP contribution >= 0.6 is 0 Å². The molecule has 4 nitrogen and oxygen atoms in total. The van der Waals surface area contributed by atoms with Gasteiger partial charge < -0.3 is 15.1 Å². The van der Waals surface area contributed by atoms with Crippen molar-refractivity contribution < 1.29 is 28.2 Å². The number of hydrogen-bond acceptors (Lipinski definition) is 2. The van der Waals surface area contributed by atoms with E-state index in [1.165, 1.54) is 0 Å². The first-order valence-electron chi connectivity index (χ1n) is 4.03. The Hall–Kier alpha value is -0.980. The molecule has 0 unspecified atom stereocenters. The summed E-state index contributed by atoms with van der Waals surface area (Å²) in [6.45, 7) is -1.15. The summed E-state index contributed by atoms with van der Waals surface area (Å²) in [7, 11) is 0. The van der Waals surface area contributed by atoms with Crippen LogP contribution in [0.5, 0.6) is 0 Å². The topological polar surface area (TPSA) is 60.8 Å². The molecule has 2 atom stereocenters. The van der Waals surface area contributed by atoms with Gasteiger partial charge in [-0.1, -0.05) is 0 Å². The molecule has 2 N–H and O–H groups in total. The minimum Gasteiger partial charge on any atom is -0.465 e. The van der Waals surface area contributed by atoms with E-state index in [0.29, 0.717) is 4.90 Å². The van der Waals surface area contributed by atoms with E-state index in [4.69, 9.17) is 10.2 Å². The van der Waals surface area contributed by atoms with Gasteiger partial charge in [0.2, 0.25) is 0 Å². The summed E-state index contributed by atoms with van der Waals surface area (Å²) in [4.78, 5) is 11.1. The Morgan fingerprint density at radius 1 is 1.50 bits per heavy atom. The average molecular weight is 213 g/mol. The molecule has 1 rings (SSSR count). The molecular formula is C7H10F3NO3. The van der Waals surface area contributed by atoms with E-state index in [9.17, 15) is 18.0 Å². The molecular weight excluding hydrogens is 203 g/mol. The molecule has 1 aliphatic rings. The summed E-state index contributed by atoms with van der Waals surface area (Å²) in [6.07, 6.45) is -6.17. The molecule has 1 heterocycles. The van der Waals surface area contributed by atoms with Gasteiger partial charge in [-0.25, -0.2) is 4.79 Å². The Balaban J connectivity index is 2.70. The first-order chi connectivity index (χ1) is 6.36. The Morgan fingerprint density at radius 2 is 2.07 bits per heavy atom. The lowest BCUT2D eigenvalue weighted by atomic mass is 10.1. The van der Waals surface area contributed by atoms with E-state index in [0.717, 1.165) is 0 Å². The smallest absolute Gasteiger partial charge is 0.407 e. The van der Waals surface area contributed by atoms with Gasteiger partial charge in [0.1, 0.15) is 0 Å². The average Bonchev–Trinajstić information content (AvgIpc) is 2.45. The lowest BCUT2D eigenvalue weighted by Gasteiger charge is -2.18. The van der Waals surface area contributed by atoms with Gasteiger partial charge in [-0.15, -0.1) is 0 Å². The van der Waals surface area contributed by atoms with Gasteiger partial charge in [0.15, 0.2) is 0 Å². The number of carbonyl (C=O) groups is 1. The Labute approximate surface area is 77.9 Å². The summed E-state index contributed by atoms with van der Waals surface area (Å²) in [6, 6.07) is -0.931. The number of nitrogens with zero attached hydrogens (tertiary/aromatic N) is 1. The van der Waals surface area contributed by atoms with E-state index in [-0.39, 0.29) is 6.42 Å². The second-order valence-electron chi connectivity index (χ2n) is 3.25. The van der Waals surface area contributed by atoms with Crippen molar-refractivity contribution in [3.05, 3.63) is 0 Å². The summed E-state index contributed by atoms with van der Waals surface area (Å²) in [5.74, 6) is -1.66. The molecule has 14 heavy (non-hydrogen) atoms. The summed E-state index contributed by atoms with van der Waals surface area (Å²) < 4.78 is 36.6. The number of rotatable bonds is 1. The maximum absolute atomic E-state index is 12.2. The Bertz CT molecular complexity index is 231. The number of hydrogen-bond donors (Lipinski definition) is 2. The van der Waals surface area contributed by atoms with Crippen LogP contribution in [0, 0.1) is 5.92 Å². The number of carboxylic acid groups (broad SMARTS) is 1. The monoisotopic (exact) mass is 213 g/mol. The van der Waals surface area contributed by atoms with Crippen LogP contribution in [-0.4, -0.2) is 46.6 Å². The number of amides is 1. The van der Waals surface area contributed by atoms with Gasteiger partial charge in [0.05, 0.1) is 18.6 Å². The zero-order chi connectivity index (χ0) is 10.9. The third-order valence-corrected chi connectivity index (χ3v) is 2.33. The van der Waals surface area contributed by atoms with E-state index in [2.05, 4.69) is 0 Å². The molecule has 1 amide bonds. The molecule has 1 fully saturated rings. The van der Waals surface area contributed by atoms with Crippen LogP contribution in [0.1, 0.15) is 6.42 Å². The van der Waals surface area contributed by atoms with Crippen LogP contribution in [0.3, 0.4) is 0 Å². The highest BCUT2D eigenvalue weighted by atomic mass is 19.4. The van der Waals surface area contributed by atoms with Crippen molar-refractivity contribution in [2.45, 2.75) is 18.6 Å². The molecule has 1 saturated heterocycles. The second-order valence-corrected chi connectivity index (χ2v) is 3.25. The van der Waals surface area contributed by atoms with Crippen molar-refractivity contribution in [1.29, 1.82) is 0 Å². The van der Waals surface area contributed by atoms with Crippen molar-refractivity contribution >= 4 is 6.09 Å². The maximum atomic E-state index is 12.2. The minimum atomic E-state index is -4.39. The summed E-state index contributed by atoms with van der Waals surface area (Å²) >= 11 is 0. The molecule has 0 aromatic carbocycles. The lowest BCUT2D eigenvalue weighted by molar-refractivity contribution is -0.170. The van der Waals surface area contributed by atoms with Gasteiger partial charge in [0.25, 0.3) is 0 Å². The van der Waals surface area contributed by atoms with Crippen molar-refractivity contribution in [3.8, 4) is 0 Å². The molecule has 0 aromatic heterocycles. The number of halogens is 3. The van der Waals surface area contributed by atoms with E-state index in [1.54, 1.807) is 0 Å². The van der Waals surface area contributed by atoms with Crippen molar-refractivity contribution in [3.63, 3.8) is 0 Å². The van der Waals surface area contributed by atoms with Gasteiger partial charge in [0, 0.05) is 6.54 Å². The first-order valence-corrected chi connectivity index (χ1v) is 4.03. The zero-order valence-corrected chi connectivity index (χ0v) is 7.16. The molecule has 0 spiro atoms. The fourth-order valence-corrected chi connectivity index (χ4v) is 1.56. The molecule has 0 bridgehead atoms. The third kappa shape index (κ3) is 2.09. The maximum Gasteiger partial charge on any atom is 0.407 e.